The molecule has 0 heterocycles. The number of hydrogen-bond donors (Lipinski definition) is 0. The van der Waals surface area contributed by atoms with E-state index >= 15 is 0 Å². The Hall–Kier alpha value is -0.900. The SMILES string of the molecule is COCc1cccc(COCCCCN(C)C)c1. The quantitative estimate of drug-likeness (QED) is 0.630. The fourth-order valence-corrected chi connectivity index (χ4v) is 1.80. The molecule has 102 valence electrons. The summed E-state index contributed by atoms with van der Waals surface area (Å²) in [5, 5.41) is 0. The minimum absolute atomic E-state index is 0.663. The standard InChI is InChI=1S/C15H25NO2/c1-16(2)9-4-5-10-18-13-15-8-6-7-14(11-15)12-17-3/h6-8,11H,4-5,9-10,12-13H2,1-3H3. The number of methoxy groups -OCH3 is 1. The molecular formula is C15H25NO2. The van der Waals surface area contributed by atoms with Crippen molar-refractivity contribution in [2.24, 2.45) is 0 Å². The van der Waals surface area contributed by atoms with E-state index in [4.69, 9.17) is 9.47 Å². The van der Waals surface area contributed by atoms with Crippen molar-refractivity contribution < 1.29 is 9.47 Å². The molecule has 0 aromatic heterocycles. The Morgan fingerprint density at radius 3 is 2.44 bits per heavy atom. The number of rotatable bonds is 9. The van der Waals surface area contributed by atoms with Crippen molar-refractivity contribution in [1.82, 2.24) is 4.90 Å². The maximum Gasteiger partial charge on any atom is 0.0716 e. The molecule has 0 N–H and O–H groups in total. The van der Waals surface area contributed by atoms with Gasteiger partial charge in [-0.3, -0.25) is 0 Å². The number of benzene rings is 1. The van der Waals surface area contributed by atoms with E-state index in [2.05, 4.69) is 43.3 Å². The molecule has 3 heteroatoms. The summed E-state index contributed by atoms with van der Waals surface area (Å²) in [6.07, 6.45) is 2.31. The zero-order valence-electron chi connectivity index (χ0n) is 11.8. The zero-order valence-corrected chi connectivity index (χ0v) is 11.8. The van der Waals surface area contributed by atoms with Crippen LogP contribution in [0.2, 0.25) is 0 Å². The van der Waals surface area contributed by atoms with Crippen LogP contribution in [0.3, 0.4) is 0 Å². The van der Waals surface area contributed by atoms with Crippen molar-refractivity contribution >= 4 is 0 Å². The van der Waals surface area contributed by atoms with E-state index in [-0.39, 0.29) is 0 Å². The number of hydrogen-bond acceptors (Lipinski definition) is 3. The molecule has 0 fully saturated rings. The largest absolute Gasteiger partial charge is 0.380 e. The number of ether oxygens (including phenoxy) is 2. The molecule has 18 heavy (non-hydrogen) atoms. The lowest BCUT2D eigenvalue weighted by Gasteiger charge is -2.09. The molecule has 0 bridgehead atoms. The second kappa shape index (κ2) is 9.09. The molecule has 0 radical (unpaired) electrons. The van der Waals surface area contributed by atoms with E-state index < -0.39 is 0 Å². The molecule has 0 unspecified atom stereocenters. The molecule has 0 aliphatic heterocycles. The number of unbranched alkanes of at least 4 members (excludes halogenated alkanes) is 1. The second-order valence-corrected chi connectivity index (χ2v) is 4.82. The van der Waals surface area contributed by atoms with E-state index in [0.717, 1.165) is 19.6 Å². The van der Waals surface area contributed by atoms with Gasteiger partial charge in [0.2, 0.25) is 0 Å². The Balaban J connectivity index is 2.16. The fraction of sp³-hybridized carbons (Fsp3) is 0.600. The van der Waals surface area contributed by atoms with Crippen LogP contribution in [-0.2, 0) is 22.7 Å². The van der Waals surface area contributed by atoms with E-state index in [9.17, 15) is 0 Å². The Bertz CT molecular complexity index is 326. The topological polar surface area (TPSA) is 21.7 Å². The maximum atomic E-state index is 5.68. The van der Waals surface area contributed by atoms with Crippen LogP contribution in [-0.4, -0.2) is 39.3 Å². The van der Waals surface area contributed by atoms with Gasteiger partial charge in [-0.25, -0.2) is 0 Å². The molecule has 1 aromatic rings. The summed E-state index contributed by atoms with van der Waals surface area (Å²) >= 11 is 0. The Morgan fingerprint density at radius 1 is 1.06 bits per heavy atom. The van der Waals surface area contributed by atoms with Crippen LogP contribution in [0, 0.1) is 0 Å². The first-order valence-electron chi connectivity index (χ1n) is 6.51. The van der Waals surface area contributed by atoms with Crippen molar-refractivity contribution in [2.75, 3.05) is 34.4 Å². The lowest BCUT2D eigenvalue weighted by atomic mass is 10.1. The van der Waals surface area contributed by atoms with Crippen molar-refractivity contribution in [2.45, 2.75) is 26.1 Å². The van der Waals surface area contributed by atoms with Gasteiger partial charge >= 0.3 is 0 Å². The van der Waals surface area contributed by atoms with Gasteiger partial charge in [-0.15, -0.1) is 0 Å². The smallest absolute Gasteiger partial charge is 0.0716 e. The molecule has 1 aromatic carbocycles. The molecule has 0 saturated heterocycles. The van der Waals surface area contributed by atoms with Crippen molar-refractivity contribution in [3.05, 3.63) is 35.4 Å². The van der Waals surface area contributed by atoms with Crippen molar-refractivity contribution in [3.8, 4) is 0 Å². The minimum atomic E-state index is 0.663. The van der Waals surface area contributed by atoms with Gasteiger partial charge in [-0.2, -0.15) is 0 Å². The molecule has 0 amide bonds. The van der Waals surface area contributed by atoms with E-state index in [1.807, 2.05) is 0 Å². The molecular weight excluding hydrogens is 226 g/mol. The number of nitrogens with zero attached hydrogens (tertiary/aromatic N) is 1. The normalized spacial score (nSPS) is 11.1. The summed E-state index contributed by atoms with van der Waals surface area (Å²) in [6.45, 7) is 3.32. The van der Waals surface area contributed by atoms with Crippen LogP contribution in [0.4, 0.5) is 0 Å². The van der Waals surface area contributed by atoms with Crippen LogP contribution in [0.1, 0.15) is 24.0 Å². The van der Waals surface area contributed by atoms with Crippen LogP contribution >= 0.6 is 0 Å². The molecule has 0 aliphatic carbocycles. The molecule has 0 atom stereocenters. The average Bonchev–Trinajstić information content (AvgIpc) is 2.34. The molecule has 0 aliphatic rings. The van der Waals surface area contributed by atoms with Gasteiger partial charge in [0.1, 0.15) is 0 Å². The summed E-state index contributed by atoms with van der Waals surface area (Å²) in [5.41, 5.74) is 2.42. The third-order valence-corrected chi connectivity index (χ3v) is 2.72. The molecule has 0 saturated carbocycles. The monoisotopic (exact) mass is 251 g/mol. The van der Waals surface area contributed by atoms with Gasteiger partial charge in [0.05, 0.1) is 13.2 Å². The van der Waals surface area contributed by atoms with Gasteiger partial charge in [0, 0.05) is 13.7 Å². The molecule has 0 spiro atoms. The highest BCUT2D eigenvalue weighted by Crippen LogP contribution is 2.08. The Kier molecular flexibility index (Phi) is 7.65. The minimum Gasteiger partial charge on any atom is -0.380 e. The predicted molar refractivity (Wildman–Crippen MR) is 74.6 cm³/mol. The molecule has 3 nitrogen and oxygen atoms in total. The van der Waals surface area contributed by atoms with Crippen molar-refractivity contribution in [3.63, 3.8) is 0 Å². The first kappa shape index (κ1) is 15.2. The van der Waals surface area contributed by atoms with E-state index in [0.29, 0.717) is 13.2 Å². The lowest BCUT2D eigenvalue weighted by Crippen LogP contribution is -2.13. The lowest BCUT2D eigenvalue weighted by molar-refractivity contribution is 0.115. The van der Waals surface area contributed by atoms with Crippen LogP contribution < -0.4 is 0 Å². The third kappa shape index (κ3) is 6.74. The Labute approximate surface area is 111 Å². The molecule has 1 rings (SSSR count). The first-order valence-corrected chi connectivity index (χ1v) is 6.51. The summed E-state index contributed by atoms with van der Waals surface area (Å²) in [6, 6.07) is 8.37. The van der Waals surface area contributed by atoms with Gasteiger partial charge in [0.15, 0.2) is 0 Å². The van der Waals surface area contributed by atoms with Gasteiger partial charge in [-0.1, -0.05) is 24.3 Å². The van der Waals surface area contributed by atoms with Crippen LogP contribution in [0.25, 0.3) is 0 Å². The second-order valence-electron chi connectivity index (χ2n) is 4.82. The van der Waals surface area contributed by atoms with Gasteiger partial charge in [0.25, 0.3) is 0 Å². The highest BCUT2D eigenvalue weighted by Gasteiger charge is 1.97. The summed E-state index contributed by atoms with van der Waals surface area (Å²) in [5.74, 6) is 0. The van der Waals surface area contributed by atoms with Gasteiger partial charge < -0.3 is 14.4 Å². The fourth-order valence-electron chi connectivity index (χ4n) is 1.80. The first-order chi connectivity index (χ1) is 8.72. The van der Waals surface area contributed by atoms with Crippen LogP contribution in [0.15, 0.2) is 24.3 Å². The van der Waals surface area contributed by atoms with Gasteiger partial charge in [-0.05, 0) is 44.6 Å². The Morgan fingerprint density at radius 2 is 1.78 bits per heavy atom. The predicted octanol–water partition coefficient (Wildman–Crippen LogP) is 2.69. The van der Waals surface area contributed by atoms with E-state index in [1.54, 1.807) is 7.11 Å². The zero-order chi connectivity index (χ0) is 13.2. The third-order valence-electron chi connectivity index (χ3n) is 2.72. The maximum absolute atomic E-state index is 5.68. The van der Waals surface area contributed by atoms with Crippen LogP contribution in [0.5, 0.6) is 0 Å². The summed E-state index contributed by atoms with van der Waals surface area (Å²) < 4.78 is 10.8. The van der Waals surface area contributed by atoms with Crippen molar-refractivity contribution in [1.29, 1.82) is 0 Å². The van der Waals surface area contributed by atoms with E-state index in [1.165, 1.54) is 17.5 Å². The average molecular weight is 251 g/mol. The summed E-state index contributed by atoms with van der Waals surface area (Å²) in [7, 11) is 5.91. The highest BCUT2D eigenvalue weighted by molar-refractivity contribution is 5.22. The summed E-state index contributed by atoms with van der Waals surface area (Å²) in [4.78, 5) is 2.20. The highest BCUT2D eigenvalue weighted by atomic mass is 16.5.